The number of carbonyl (C=O) groups excluding carboxylic acids is 1. The van der Waals surface area contributed by atoms with Gasteiger partial charge in [0.15, 0.2) is 11.6 Å². The Morgan fingerprint density at radius 3 is 2.60 bits per heavy atom. The molecule has 0 radical (unpaired) electrons. The molecule has 0 N–H and O–H groups in total. The lowest BCUT2D eigenvalue weighted by Crippen LogP contribution is -2.06. The van der Waals surface area contributed by atoms with E-state index in [9.17, 15) is 13.6 Å². The average molecular weight is 279 g/mol. The third kappa shape index (κ3) is 2.34. The minimum absolute atomic E-state index is 0.0279. The van der Waals surface area contributed by atoms with E-state index in [1.165, 1.54) is 19.2 Å². The Balaban J connectivity index is 3.21. The predicted octanol–water partition coefficient (Wildman–Crippen LogP) is 2.65. The molecule has 0 heterocycles. The zero-order chi connectivity index (χ0) is 11.4. The van der Waals surface area contributed by atoms with Crippen LogP contribution in [0, 0.1) is 11.6 Å². The molecule has 0 saturated heterocycles. The minimum Gasteiger partial charge on any atom is -0.494 e. The molecule has 1 aromatic rings. The first kappa shape index (κ1) is 12.1. The second-order valence-corrected chi connectivity index (χ2v) is 3.53. The van der Waals surface area contributed by atoms with Gasteiger partial charge in [-0.05, 0) is 6.07 Å². The number of rotatable bonds is 4. The molecule has 1 aromatic carbocycles. The Morgan fingerprint density at radius 1 is 1.47 bits per heavy atom. The minimum atomic E-state index is -1.07. The largest absolute Gasteiger partial charge is 0.494 e. The van der Waals surface area contributed by atoms with Crippen molar-refractivity contribution < 1.29 is 18.3 Å². The lowest BCUT2D eigenvalue weighted by atomic mass is 10.0. The second-order valence-electron chi connectivity index (χ2n) is 2.88. The molecule has 5 heteroatoms. The van der Waals surface area contributed by atoms with E-state index in [-0.39, 0.29) is 16.6 Å². The van der Waals surface area contributed by atoms with Gasteiger partial charge >= 0.3 is 0 Å². The molecule has 0 saturated carbocycles. The summed E-state index contributed by atoms with van der Waals surface area (Å²) in [5, 5.41) is 0.249. The molecular formula is C10H9BrF2O2. The normalized spacial score (nSPS) is 12.3. The summed E-state index contributed by atoms with van der Waals surface area (Å²) in [5.41, 5.74) is 0.0279. The highest BCUT2D eigenvalue weighted by molar-refractivity contribution is 9.09. The number of aldehydes is 1. The number of alkyl halides is 1. The molecule has 0 fully saturated rings. The van der Waals surface area contributed by atoms with Crippen molar-refractivity contribution in [3.63, 3.8) is 0 Å². The van der Waals surface area contributed by atoms with Crippen LogP contribution in [0.2, 0.25) is 0 Å². The molecule has 0 bridgehead atoms. The highest BCUT2D eigenvalue weighted by Crippen LogP contribution is 2.27. The fraction of sp³-hybridized carbons (Fsp3) is 0.300. The van der Waals surface area contributed by atoms with Crippen LogP contribution >= 0.6 is 15.9 Å². The van der Waals surface area contributed by atoms with Crippen LogP contribution in [-0.4, -0.2) is 18.7 Å². The molecule has 0 amide bonds. The molecule has 1 unspecified atom stereocenters. The van der Waals surface area contributed by atoms with Crippen molar-refractivity contribution in [3.05, 3.63) is 29.3 Å². The summed E-state index contributed by atoms with van der Waals surface area (Å²) in [6, 6.07) is 2.64. The Morgan fingerprint density at radius 2 is 2.13 bits per heavy atom. The Bertz CT molecular complexity index is 369. The van der Waals surface area contributed by atoms with Crippen LogP contribution in [0.5, 0.6) is 5.75 Å². The van der Waals surface area contributed by atoms with Crippen LogP contribution in [0.3, 0.4) is 0 Å². The molecule has 15 heavy (non-hydrogen) atoms. The van der Waals surface area contributed by atoms with Crippen LogP contribution in [0.1, 0.15) is 11.5 Å². The summed E-state index contributed by atoms with van der Waals surface area (Å²) in [6.07, 6.45) is 0.569. The van der Waals surface area contributed by atoms with Gasteiger partial charge in [0, 0.05) is 10.9 Å². The van der Waals surface area contributed by atoms with Gasteiger partial charge in [0.2, 0.25) is 5.82 Å². The van der Waals surface area contributed by atoms with E-state index in [2.05, 4.69) is 20.7 Å². The van der Waals surface area contributed by atoms with Crippen molar-refractivity contribution >= 4 is 22.2 Å². The lowest BCUT2D eigenvalue weighted by molar-refractivity contribution is -0.108. The van der Waals surface area contributed by atoms with E-state index in [1.54, 1.807) is 0 Å². The zero-order valence-corrected chi connectivity index (χ0v) is 9.55. The van der Waals surface area contributed by atoms with Crippen LogP contribution in [0.4, 0.5) is 8.78 Å². The van der Waals surface area contributed by atoms with Crippen molar-refractivity contribution in [2.75, 3.05) is 12.4 Å². The van der Waals surface area contributed by atoms with Crippen molar-refractivity contribution in [1.82, 2.24) is 0 Å². The monoisotopic (exact) mass is 278 g/mol. The zero-order valence-electron chi connectivity index (χ0n) is 7.97. The van der Waals surface area contributed by atoms with Gasteiger partial charge in [-0.3, -0.25) is 0 Å². The number of halogens is 3. The maximum atomic E-state index is 13.4. The molecule has 0 aliphatic carbocycles. The molecule has 0 aliphatic heterocycles. The van der Waals surface area contributed by atoms with Crippen molar-refractivity contribution in [1.29, 1.82) is 0 Å². The molecule has 0 aliphatic rings. The van der Waals surface area contributed by atoms with E-state index in [0.717, 1.165) is 0 Å². The number of benzene rings is 1. The van der Waals surface area contributed by atoms with Crippen LogP contribution in [-0.2, 0) is 4.79 Å². The maximum absolute atomic E-state index is 13.4. The molecule has 0 aromatic heterocycles. The summed E-state index contributed by atoms with van der Waals surface area (Å²) in [4.78, 5) is 10.6. The Labute approximate surface area is 94.4 Å². The summed E-state index contributed by atoms with van der Waals surface area (Å²) >= 11 is 3.06. The van der Waals surface area contributed by atoms with E-state index in [0.29, 0.717) is 6.29 Å². The number of hydrogen-bond donors (Lipinski definition) is 0. The quantitative estimate of drug-likeness (QED) is 0.625. The van der Waals surface area contributed by atoms with Gasteiger partial charge in [-0.2, -0.15) is 4.39 Å². The van der Waals surface area contributed by atoms with Gasteiger partial charge in [-0.15, -0.1) is 0 Å². The van der Waals surface area contributed by atoms with Crippen LogP contribution in [0.15, 0.2) is 12.1 Å². The van der Waals surface area contributed by atoms with Gasteiger partial charge < -0.3 is 9.53 Å². The van der Waals surface area contributed by atoms with Gasteiger partial charge in [0.1, 0.15) is 6.29 Å². The third-order valence-electron chi connectivity index (χ3n) is 2.03. The van der Waals surface area contributed by atoms with E-state index >= 15 is 0 Å². The predicted molar refractivity (Wildman–Crippen MR) is 55.5 cm³/mol. The SMILES string of the molecule is COc1ccc(C(C=O)CBr)c(F)c1F. The Hall–Kier alpha value is -0.970. The van der Waals surface area contributed by atoms with Gasteiger partial charge in [-0.25, -0.2) is 4.39 Å². The molecule has 2 nitrogen and oxygen atoms in total. The standard InChI is InChI=1S/C10H9BrF2O2/c1-15-8-3-2-7(6(4-11)5-14)9(12)10(8)13/h2-3,5-6H,4H2,1H3. The topological polar surface area (TPSA) is 26.3 Å². The van der Waals surface area contributed by atoms with E-state index < -0.39 is 17.6 Å². The number of ether oxygens (including phenoxy) is 1. The summed E-state index contributed by atoms with van der Waals surface area (Å²) in [5.74, 6) is -2.96. The smallest absolute Gasteiger partial charge is 0.200 e. The van der Waals surface area contributed by atoms with E-state index in [1.807, 2.05) is 0 Å². The second kappa shape index (κ2) is 5.21. The average Bonchev–Trinajstić information content (AvgIpc) is 2.26. The van der Waals surface area contributed by atoms with Crippen LogP contribution < -0.4 is 4.74 Å². The van der Waals surface area contributed by atoms with E-state index in [4.69, 9.17) is 0 Å². The molecule has 1 atom stereocenters. The van der Waals surface area contributed by atoms with Gasteiger partial charge in [0.05, 0.1) is 13.0 Å². The summed E-state index contributed by atoms with van der Waals surface area (Å²) in [6.45, 7) is 0. The number of methoxy groups -OCH3 is 1. The molecular weight excluding hydrogens is 270 g/mol. The Kier molecular flexibility index (Phi) is 4.20. The molecule has 1 rings (SSSR count). The van der Waals surface area contributed by atoms with Crippen molar-refractivity contribution in [3.8, 4) is 5.75 Å². The van der Waals surface area contributed by atoms with Gasteiger partial charge in [0.25, 0.3) is 0 Å². The highest BCUT2D eigenvalue weighted by atomic mass is 79.9. The summed E-state index contributed by atoms with van der Waals surface area (Å²) < 4.78 is 31.3. The van der Waals surface area contributed by atoms with Crippen molar-refractivity contribution in [2.45, 2.75) is 5.92 Å². The number of carbonyl (C=O) groups is 1. The first-order chi connectivity index (χ1) is 7.15. The summed E-state index contributed by atoms with van der Waals surface area (Å²) in [7, 11) is 1.25. The first-order valence-electron chi connectivity index (χ1n) is 4.18. The van der Waals surface area contributed by atoms with Crippen LogP contribution in [0.25, 0.3) is 0 Å². The highest BCUT2D eigenvalue weighted by Gasteiger charge is 2.19. The lowest BCUT2D eigenvalue weighted by Gasteiger charge is -2.10. The molecule has 0 spiro atoms. The van der Waals surface area contributed by atoms with Crippen molar-refractivity contribution in [2.24, 2.45) is 0 Å². The maximum Gasteiger partial charge on any atom is 0.200 e. The fourth-order valence-electron chi connectivity index (χ4n) is 1.18. The third-order valence-corrected chi connectivity index (χ3v) is 2.72. The first-order valence-corrected chi connectivity index (χ1v) is 5.31. The number of hydrogen-bond acceptors (Lipinski definition) is 2. The fourth-order valence-corrected chi connectivity index (χ4v) is 1.68. The molecule has 82 valence electrons. The van der Waals surface area contributed by atoms with Gasteiger partial charge in [-0.1, -0.05) is 22.0 Å².